The molecule has 0 spiro atoms. The predicted molar refractivity (Wildman–Crippen MR) is 61.4 cm³/mol. The van der Waals surface area contributed by atoms with E-state index in [1.807, 2.05) is 30.3 Å². The van der Waals surface area contributed by atoms with Crippen LogP contribution in [0.1, 0.15) is 0 Å². The molecule has 78 valence electrons. The third kappa shape index (κ3) is 3.74. The van der Waals surface area contributed by atoms with Gasteiger partial charge in [-0.2, -0.15) is 0 Å². The van der Waals surface area contributed by atoms with Gasteiger partial charge in [-0.25, -0.2) is 0 Å². The number of terminal acetylenes is 1. The van der Waals surface area contributed by atoms with Gasteiger partial charge in [0.2, 0.25) is 5.91 Å². The van der Waals surface area contributed by atoms with E-state index >= 15 is 0 Å². The van der Waals surface area contributed by atoms with E-state index in [2.05, 4.69) is 11.2 Å². The fraction of sp³-hybridized carbons (Fsp3) is 0.250. The van der Waals surface area contributed by atoms with Crippen molar-refractivity contribution in [2.75, 3.05) is 25.5 Å². The number of hydrogen-bond donors (Lipinski definition) is 1. The molecule has 1 aromatic carbocycles. The van der Waals surface area contributed by atoms with Crippen LogP contribution in [-0.2, 0) is 4.79 Å². The number of anilines is 1. The molecule has 0 aliphatic rings. The fourth-order valence-corrected chi connectivity index (χ4v) is 1.09. The summed E-state index contributed by atoms with van der Waals surface area (Å²) in [5.41, 5.74) is 0.931. The minimum atomic E-state index is -0.0168. The molecule has 3 nitrogen and oxygen atoms in total. The van der Waals surface area contributed by atoms with Crippen molar-refractivity contribution in [3.63, 3.8) is 0 Å². The van der Waals surface area contributed by atoms with Crippen LogP contribution in [0.4, 0.5) is 5.69 Å². The van der Waals surface area contributed by atoms with Gasteiger partial charge < -0.3 is 10.2 Å². The van der Waals surface area contributed by atoms with Crippen molar-refractivity contribution in [2.45, 2.75) is 0 Å². The first-order valence-corrected chi connectivity index (χ1v) is 4.70. The van der Waals surface area contributed by atoms with Crippen LogP contribution in [0.2, 0.25) is 0 Å². The summed E-state index contributed by atoms with van der Waals surface area (Å²) in [5.74, 6) is 2.41. The van der Waals surface area contributed by atoms with Crippen molar-refractivity contribution >= 4 is 11.6 Å². The van der Waals surface area contributed by atoms with Crippen molar-refractivity contribution in [2.24, 2.45) is 0 Å². The molecule has 1 aromatic rings. The maximum atomic E-state index is 11.5. The zero-order valence-corrected chi connectivity index (χ0v) is 8.73. The van der Waals surface area contributed by atoms with Crippen LogP contribution in [0.25, 0.3) is 0 Å². The Morgan fingerprint density at radius 2 is 2.13 bits per heavy atom. The highest BCUT2D eigenvalue weighted by Gasteiger charge is 2.05. The zero-order valence-electron chi connectivity index (χ0n) is 8.73. The fourth-order valence-electron chi connectivity index (χ4n) is 1.09. The van der Waals surface area contributed by atoms with Crippen LogP contribution >= 0.6 is 0 Å². The smallest absolute Gasteiger partial charge is 0.242 e. The summed E-state index contributed by atoms with van der Waals surface area (Å²) in [5, 5.41) is 3.02. The molecule has 0 unspecified atom stereocenters. The van der Waals surface area contributed by atoms with Crippen molar-refractivity contribution in [3.8, 4) is 12.3 Å². The molecule has 0 aromatic heterocycles. The van der Waals surface area contributed by atoms with E-state index < -0.39 is 0 Å². The average Bonchev–Trinajstić information content (AvgIpc) is 2.27. The molecule has 0 fully saturated rings. The van der Waals surface area contributed by atoms with Gasteiger partial charge in [-0.15, -0.1) is 6.42 Å². The minimum absolute atomic E-state index is 0.0168. The normalized spacial score (nSPS) is 9.07. The maximum Gasteiger partial charge on any atom is 0.242 e. The Bertz CT molecular complexity index is 354. The molecule has 0 aliphatic heterocycles. The molecule has 3 heteroatoms. The van der Waals surface area contributed by atoms with Crippen molar-refractivity contribution in [1.82, 2.24) is 4.90 Å². The van der Waals surface area contributed by atoms with Crippen LogP contribution in [0, 0.1) is 12.3 Å². The van der Waals surface area contributed by atoms with Crippen LogP contribution in [0.5, 0.6) is 0 Å². The van der Waals surface area contributed by atoms with E-state index in [1.165, 1.54) is 4.90 Å². The van der Waals surface area contributed by atoms with Crippen LogP contribution < -0.4 is 5.32 Å². The first-order chi connectivity index (χ1) is 7.24. The van der Waals surface area contributed by atoms with Gasteiger partial charge >= 0.3 is 0 Å². The summed E-state index contributed by atoms with van der Waals surface area (Å²) in [6, 6.07) is 9.58. The lowest BCUT2D eigenvalue weighted by atomic mass is 10.3. The Balaban J connectivity index is 2.38. The van der Waals surface area contributed by atoms with Gasteiger partial charge in [-0.3, -0.25) is 4.79 Å². The maximum absolute atomic E-state index is 11.5. The van der Waals surface area contributed by atoms with E-state index in [0.717, 1.165) is 5.69 Å². The van der Waals surface area contributed by atoms with E-state index in [-0.39, 0.29) is 12.5 Å². The molecular weight excluding hydrogens is 188 g/mol. The van der Waals surface area contributed by atoms with Crippen LogP contribution in [0.15, 0.2) is 30.3 Å². The largest absolute Gasteiger partial charge is 0.376 e. The summed E-state index contributed by atoms with van der Waals surface area (Å²) in [6.45, 7) is 0.609. The number of nitrogens with zero attached hydrogens (tertiary/aromatic N) is 1. The first kappa shape index (κ1) is 11.1. The number of hydrogen-bond acceptors (Lipinski definition) is 2. The minimum Gasteiger partial charge on any atom is -0.376 e. The van der Waals surface area contributed by atoms with Gasteiger partial charge in [-0.1, -0.05) is 24.1 Å². The Labute approximate surface area is 90.1 Å². The summed E-state index contributed by atoms with van der Waals surface area (Å²) in [4.78, 5) is 13.0. The van der Waals surface area contributed by atoms with Crippen LogP contribution in [-0.4, -0.2) is 30.9 Å². The summed E-state index contributed by atoms with van der Waals surface area (Å²) in [6.07, 6.45) is 5.11. The van der Waals surface area contributed by atoms with Gasteiger partial charge in [0.15, 0.2) is 0 Å². The first-order valence-electron chi connectivity index (χ1n) is 4.70. The summed E-state index contributed by atoms with van der Waals surface area (Å²) in [7, 11) is 1.69. The average molecular weight is 202 g/mol. The number of amides is 1. The topological polar surface area (TPSA) is 32.3 Å². The number of para-hydroxylation sites is 1. The zero-order chi connectivity index (χ0) is 11.1. The van der Waals surface area contributed by atoms with Crippen molar-refractivity contribution in [3.05, 3.63) is 30.3 Å². The molecule has 1 N–H and O–H groups in total. The van der Waals surface area contributed by atoms with Gasteiger partial charge in [0.25, 0.3) is 0 Å². The SMILES string of the molecule is C#CCN(C)C(=O)CNc1ccccc1. The molecule has 0 heterocycles. The Morgan fingerprint density at radius 1 is 1.47 bits per heavy atom. The third-order valence-corrected chi connectivity index (χ3v) is 1.97. The Kier molecular flexibility index (Phi) is 4.24. The number of carbonyl (C=O) groups is 1. The lowest BCUT2D eigenvalue weighted by Crippen LogP contribution is -2.32. The summed E-state index contributed by atoms with van der Waals surface area (Å²) < 4.78 is 0. The highest BCUT2D eigenvalue weighted by molar-refractivity contribution is 5.80. The predicted octanol–water partition coefficient (Wildman–Crippen LogP) is 1.19. The quantitative estimate of drug-likeness (QED) is 0.744. The third-order valence-electron chi connectivity index (χ3n) is 1.97. The van der Waals surface area contributed by atoms with Gasteiger partial charge in [-0.05, 0) is 12.1 Å². The Hall–Kier alpha value is -1.95. The number of rotatable bonds is 4. The monoisotopic (exact) mass is 202 g/mol. The number of carbonyl (C=O) groups excluding carboxylic acids is 1. The molecule has 0 aliphatic carbocycles. The summed E-state index contributed by atoms with van der Waals surface area (Å²) >= 11 is 0. The molecule has 0 saturated heterocycles. The lowest BCUT2D eigenvalue weighted by Gasteiger charge is -2.14. The van der Waals surface area contributed by atoms with E-state index in [0.29, 0.717) is 6.54 Å². The second kappa shape index (κ2) is 5.71. The van der Waals surface area contributed by atoms with Crippen molar-refractivity contribution < 1.29 is 4.79 Å². The second-order valence-electron chi connectivity index (χ2n) is 3.17. The van der Waals surface area contributed by atoms with E-state index in [4.69, 9.17) is 6.42 Å². The highest BCUT2D eigenvalue weighted by Crippen LogP contribution is 2.03. The van der Waals surface area contributed by atoms with Crippen LogP contribution in [0.3, 0.4) is 0 Å². The Morgan fingerprint density at radius 3 is 2.73 bits per heavy atom. The van der Waals surface area contributed by atoms with E-state index in [9.17, 15) is 4.79 Å². The van der Waals surface area contributed by atoms with Gasteiger partial charge in [0, 0.05) is 12.7 Å². The molecule has 0 atom stereocenters. The molecule has 1 amide bonds. The number of likely N-dealkylation sites (N-methyl/N-ethyl adjacent to an activating group) is 1. The number of benzene rings is 1. The van der Waals surface area contributed by atoms with E-state index in [1.54, 1.807) is 7.05 Å². The molecule has 0 radical (unpaired) electrons. The molecule has 15 heavy (non-hydrogen) atoms. The van der Waals surface area contributed by atoms with Gasteiger partial charge in [0.1, 0.15) is 0 Å². The highest BCUT2D eigenvalue weighted by atomic mass is 16.2. The number of nitrogens with one attached hydrogen (secondary N) is 1. The standard InChI is InChI=1S/C12H14N2O/c1-3-9-14(2)12(15)10-13-11-7-5-4-6-8-11/h1,4-8,13H,9-10H2,2H3. The molecule has 0 bridgehead atoms. The molecule has 1 rings (SSSR count). The lowest BCUT2D eigenvalue weighted by molar-refractivity contribution is -0.127. The molecular formula is C12H14N2O. The van der Waals surface area contributed by atoms with Crippen molar-refractivity contribution in [1.29, 1.82) is 0 Å². The molecule has 0 saturated carbocycles. The van der Waals surface area contributed by atoms with Gasteiger partial charge in [0.05, 0.1) is 13.1 Å². The second-order valence-corrected chi connectivity index (χ2v) is 3.17.